The summed E-state index contributed by atoms with van der Waals surface area (Å²) >= 11 is 0. The van der Waals surface area contributed by atoms with Crippen LogP contribution < -0.4 is 15.4 Å². The number of ether oxygens (including phenoxy) is 1. The van der Waals surface area contributed by atoms with Crippen molar-refractivity contribution in [1.82, 2.24) is 4.90 Å². The van der Waals surface area contributed by atoms with E-state index in [0.717, 1.165) is 28.0 Å². The van der Waals surface area contributed by atoms with E-state index in [0.29, 0.717) is 11.3 Å². The van der Waals surface area contributed by atoms with Gasteiger partial charge in [0.25, 0.3) is 11.6 Å². The molecule has 2 aliphatic rings. The van der Waals surface area contributed by atoms with Crippen molar-refractivity contribution in [3.05, 3.63) is 99.9 Å². The highest BCUT2D eigenvalue weighted by Crippen LogP contribution is 2.51. The molecule has 4 unspecified atom stereocenters. The van der Waals surface area contributed by atoms with Gasteiger partial charge in [-0.25, -0.2) is 9.29 Å². The molecule has 0 aliphatic carbocycles. The molecule has 0 aromatic heterocycles. The van der Waals surface area contributed by atoms with Crippen LogP contribution in [0, 0.1) is 27.8 Å². The number of nitrogens with two attached hydrogens (primary N) is 1. The molecule has 0 radical (unpaired) electrons. The smallest absolute Gasteiger partial charge is 0.271 e. The fraction of sp³-hybridized carbons (Fsp3) is 0.185. The van der Waals surface area contributed by atoms with Gasteiger partial charge in [-0.1, -0.05) is 18.2 Å². The first-order chi connectivity index (χ1) is 18.6. The van der Waals surface area contributed by atoms with Gasteiger partial charge < -0.3 is 15.4 Å². The Bertz CT molecular complexity index is 1510. The maximum Gasteiger partial charge on any atom is 0.271 e. The van der Waals surface area contributed by atoms with Crippen molar-refractivity contribution in [3.8, 4) is 5.75 Å². The molecule has 2 N–H and O–H groups in total. The van der Waals surface area contributed by atoms with Crippen molar-refractivity contribution in [1.29, 1.82) is 0 Å². The summed E-state index contributed by atoms with van der Waals surface area (Å²) < 4.78 is 18.8. The molecule has 0 bridgehead atoms. The number of hydrogen-bond donors (Lipinski definition) is 1. The molecule has 2 fully saturated rings. The third-order valence-electron chi connectivity index (χ3n) is 7.05. The summed E-state index contributed by atoms with van der Waals surface area (Å²) in [5.41, 5.74) is 5.81. The van der Waals surface area contributed by atoms with Gasteiger partial charge in [-0.15, -0.1) is 0 Å². The van der Waals surface area contributed by atoms with Gasteiger partial charge in [-0.05, 0) is 48.0 Å². The number of hydrogen-bond acceptors (Lipinski definition) is 7. The van der Waals surface area contributed by atoms with E-state index in [2.05, 4.69) is 0 Å². The molecular formula is C27H21FN4O7. The van der Waals surface area contributed by atoms with Gasteiger partial charge >= 0.3 is 0 Å². The van der Waals surface area contributed by atoms with Gasteiger partial charge in [0.1, 0.15) is 17.6 Å². The lowest BCUT2D eigenvalue weighted by Crippen LogP contribution is -2.50. The number of primary amides is 1. The van der Waals surface area contributed by atoms with Crippen LogP contribution in [0.15, 0.2) is 72.8 Å². The molecule has 0 spiro atoms. The van der Waals surface area contributed by atoms with E-state index in [1.165, 1.54) is 37.4 Å². The average Bonchev–Trinajstić information content (AvgIpc) is 3.41. The van der Waals surface area contributed by atoms with E-state index in [4.69, 9.17) is 10.5 Å². The standard InChI is InChI=1S/C27H21FN4O7/c1-39-19-11-7-14(8-12-19)22-20-21(23(24(29)33)31(22)25(34)15-5-9-16(28)10-6-15)27(36)30(26(20)35)17-3-2-4-18(13-17)32(37)38/h2-13,20-23H,1H3,(H2,29,33). The molecule has 0 saturated carbocycles. The molecular weight excluding hydrogens is 511 g/mol. The summed E-state index contributed by atoms with van der Waals surface area (Å²) in [6.45, 7) is 0. The van der Waals surface area contributed by atoms with Crippen LogP contribution in [0.1, 0.15) is 22.0 Å². The molecule has 2 aliphatic heterocycles. The summed E-state index contributed by atoms with van der Waals surface area (Å²) in [6, 6.07) is 13.4. The molecule has 12 heteroatoms. The summed E-state index contributed by atoms with van der Waals surface area (Å²) in [6.07, 6.45) is 0. The Labute approximate surface area is 220 Å². The third kappa shape index (κ3) is 4.15. The fourth-order valence-electron chi connectivity index (χ4n) is 5.37. The van der Waals surface area contributed by atoms with Crippen molar-refractivity contribution >= 4 is 35.0 Å². The number of carbonyl (C=O) groups excluding carboxylic acids is 4. The number of methoxy groups -OCH3 is 1. The number of halogens is 1. The first-order valence-electron chi connectivity index (χ1n) is 11.8. The molecule has 3 aromatic carbocycles. The van der Waals surface area contributed by atoms with Gasteiger partial charge in [0, 0.05) is 17.7 Å². The minimum atomic E-state index is -1.53. The highest BCUT2D eigenvalue weighted by atomic mass is 19.1. The summed E-state index contributed by atoms with van der Waals surface area (Å²) in [5.74, 6) is -5.98. The molecule has 39 heavy (non-hydrogen) atoms. The van der Waals surface area contributed by atoms with Crippen LogP contribution in [0.5, 0.6) is 5.75 Å². The quantitative estimate of drug-likeness (QED) is 0.291. The van der Waals surface area contributed by atoms with Crippen LogP contribution in [0.2, 0.25) is 0 Å². The van der Waals surface area contributed by atoms with Crippen LogP contribution in [-0.2, 0) is 14.4 Å². The Kier molecular flexibility index (Phi) is 6.30. The van der Waals surface area contributed by atoms with Crippen LogP contribution in [0.4, 0.5) is 15.8 Å². The lowest BCUT2D eigenvalue weighted by molar-refractivity contribution is -0.384. The van der Waals surface area contributed by atoms with E-state index < -0.39 is 58.3 Å². The second kappa shape index (κ2) is 9.63. The molecule has 2 heterocycles. The topological polar surface area (TPSA) is 153 Å². The predicted molar refractivity (Wildman–Crippen MR) is 134 cm³/mol. The van der Waals surface area contributed by atoms with Crippen molar-refractivity contribution < 1.29 is 33.2 Å². The van der Waals surface area contributed by atoms with Crippen molar-refractivity contribution in [2.24, 2.45) is 17.6 Å². The van der Waals surface area contributed by atoms with Gasteiger partial charge in [0.15, 0.2) is 0 Å². The zero-order chi connectivity index (χ0) is 28.0. The summed E-state index contributed by atoms with van der Waals surface area (Å²) in [4.78, 5) is 66.8. The van der Waals surface area contributed by atoms with Crippen LogP contribution >= 0.6 is 0 Å². The van der Waals surface area contributed by atoms with Crippen LogP contribution in [0.25, 0.3) is 0 Å². The van der Waals surface area contributed by atoms with E-state index in [1.807, 2.05) is 0 Å². The summed E-state index contributed by atoms with van der Waals surface area (Å²) in [5, 5.41) is 11.3. The number of nitro benzene ring substituents is 1. The Hall–Kier alpha value is -5.13. The number of non-ortho nitro benzene ring substituents is 1. The third-order valence-corrected chi connectivity index (χ3v) is 7.05. The first kappa shape index (κ1) is 25.5. The number of nitrogens with zero attached hydrogens (tertiary/aromatic N) is 3. The minimum absolute atomic E-state index is 0.0246. The van der Waals surface area contributed by atoms with E-state index in [1.54, 1.807) is 24.3 Å². The normalized spacial score (nSPS) is 22.1. The molecule has 5 rings (SSSR count). The van der Waals surface area contributed by atoms with Gasteiger partial charge in [0.05, 0.1) is 35.6 Å². The zero-order valence-corrected chi connectivity index (χ0v) is 20.4. The Balaban J connectivity index is 1.66. The van der Waals surface area contributed by atoms with Crippen LogP contribution in [0.3, 0.4) is 0 Å². The summed E-state index contributed by atoms with van der Waals surface area (Å²) in [7, 11) is 1.46. The second-order valence-corrected chi connectivity index (χ2v) is 9.12. The Morgan fingerprint density at radius 3 is 2.21 bits per heavy atom. The number of carbonyl (C=O) groups is 4. The van der Waals surface area contributed by atoms with Gasteiger partial charge in [0.2, 0.25) is 17.7 Å². The average molecular weight is 532 g/mol. The van der Waals surface area contributed by atoms with E-state index in [9.17, 15) is 33.7 Å². The molecule has 4 amide bonds. The monoisotopic (exact) mass is 532 g/mol. The van der Waals surface area contributed by atoms with E-state index >= 15 is 0 Å². The predicted octanol–water partition coefficient (Wildman–Crippen LogP) is 2.60. The highest BCUT2D eigenvalue weighted by molar-refractivity contribution is 6.24. The molecule has 2 saturated heterocycles. The van der Waals surface area contributed by atoms with Gasteiger partial charge in [-0.2, -0.15) is 0 Å². The molecule has 4 atom stereocenters. The molecule has 11 nitrogen and oxygen atoms in total. The number of imide groups is 1. The number of likely N-dealkylation sites (tertiary alicyclic amines) is 1. The number of nitro groups is 1. The number of anilines is 1. The first-order valence-corrected chi connectivity index (χ1v) is 11.8. The highest BCUT2D eigenvalue weighted by Gasteiger charge is 2.65. The largest absolute Gasteiger partial charge is 0.497 e. The van der Waals surface area contributed by atoms with Gasteiger partial charge in [-0.3, -0.25) is 29.3 Å². The fourth-order valence-corrected chi connectivity index (χ4v) is 5.37. The zero-order valence-electron chi connectivity index (χ0n) is 20.4. The van der Waals surface area contributed by atoms with Crippen molar-refractivity contribution in [3.63, 3.8) is 0 Å². The lowest BCUT2D eigenvalue weighted by Gasteiger charge is -2.32. The maximum absolute atomic E-state index is 13.9. The molecule has 3 aromatic rings. The van der Waals surface area contributed by atoms with E-state index in [-0.39, 0.29) is 16.9 Å². The Morgan fingerprint density at radius 2 is 1.62 bits per heavy atom. The van der Waals surface area contributed by atoms with Crippen molar-refractivity contribution in [2.75, 3.05) is 12.0 Å². The number of benzene rings is 3. The Morgan fingerprint density at radius 1 is 0.974 bits per heavy atom. The number of fused-ring (bicyclic) bond motifs is 1. The number of rotatable bonds is 6. The van der Waals surface area contributed by atoms with Crippen molar-refractivity contribution in [2.45, 2.75) is 12.1 Å². The number of amides is 4. The second-order valence-electron chi connectivity index (χ2n) is 9.12. The van der Waals surface area contributed by atoms with Crippen LogP contribution in [-0.4, -0.2) is 46.6 Å². The molecule has 198 valence electrons. The maximum atomic E-state index is 13.9. The SMILES string of the molecule is COc1ccc(C2C3C(=O)N(c4cccc([N+](=O)[O-])c4)C(=O)C3C(C(N)=O)N2C(=O)c2ccc(F)cc2)cc1. The lowest BCUT2D eigenvalue weighted by atomic mass is 9.86. The minimum Gasteiger partial charge on any atom is -0.497 e.